The monoisotopic (exact) mass is 728 g/mol. The number of nitriles is 4. The molecule has 1 spiro atoms. The van der Waals surface area contributed by atoms with Crippen molar-refractivity contribution in [2.75, 3.05) is 0 Å². The lowest BCUT2D eigenvalue weighted by molar-refractivity contribution is 0.353. The molecule has 0 bridgehead atoms. The smallest absolute Gasteiger partial charge is 0.225 e. The summed E-state index contributed by atoms with van der Waals surface area (Å²) in [6.45, 7) is 0. The van der Waals surface area contributed by atoms with E-state index < -0.39 is 25.1 Å². The van der Waals surface area contributed by atoms with E-state index in [0.29, 0.717) is 10.0 Å². The molecule has 2 aromatic heterocycles. The number of nitrogens with zero attached hydrogens (tertiary/aromatic N) is 6. The van der Waals surface area contributed by atoms with Crippen molar-refractivity contribution in [2.45, 2.75) is 47.3 Å². The van der Waals surface area contributed by atoms with Gasteiger partial charge in [0.15, 0.2) is 10.1 Å². The summed E-state index contributed by atoms with van der Waals surface area (Å²) in [4.78, 5) is 11.0. The molecule has 4 aliphatic rings. The number of thiophene rings is 2. The van der Waals surface area contributed by atoms with Crippen LogP contribution in [0, 0.1) is 45.3 Å². The van der Waals surface area contributed by atoms with Crippen molar-refractivity contribution in [1.82, 2.24) is 0 Å². The largest absolute Gasteiger partial charge is 0.225 e. The van der Waals surface area contributed by atoms with Gasteiger partial charge in [-0.3, -0.25) is 0 Å². The van der Waals surface area contributed by atoms with E-state index in [-0.39, 0.29) is 53.3 Å². The van der Waals surface area contributed by atoms with Crippen LogP contribution in [0.5, 0.6) is 0 Å². The lowest BCUT2D eigenvalue weighted by Gasteiger charge is -2.34. The van der Waals surface area contributed by atoms with Crippen LogP contribution in [-0.4, -0.2) is 26.9 Å². The van der Waals surface area contributed by atoms with Crippen LogP contribution in [0.25, 0.3) is 20.9 Å². The van der Waals surface area contributed by atoms with Crippen molar-refractivity contribution < 1.29 is 16.8 Å². The van der Waals surface area contributed by atoms with E-state index in [0.717, 1.165) is 53.0 Å². The average molecular weight is 729 g/mol. The molecule has 10 nitrogen and oxygen atoms in total. The van der Waals surface area contributed by atoms with Gasteiger partial charge in [0.05, 0.1) is 19.5 Å². The normalized spacial score (nSPS) is 19.9. The van der Waals surface area contributed by atoms with Gasteiger partial charge in [-0.1, -0.05) is 55.7 Å². The molecule has 1 saturated carbocycles. The fourth-order valence-electron chi connectivity index (χ4n) is 7.47. The lowest BCUT2D eigenvalue weighted by Crippen LogP contribution is -2.27. The summed E-state index contributed by atoms with van der Waals surface area (Å²) in [5, 5.41) is 39.1. The number of sulfone groups is 2. The van der Waals surface area contributed by atoms with E-state index >= 15 is 0 Å². The number of aliphatic imine (C=N–C) groups is 2. The number of hydrogen-bond acceptors (Lipinski definition) is 12. The third kappa shape index (κ3) is 4.30. The first-order chi connectivity index (χ1) is 24.1. The second-order valence-electron chi connectivity index (χ2n) is 12.1. The minimum absolute atomic E-state index is 0.0118. The highest BCUT2D eigenvalue weighted by Gasteiger charge is 2.48. The summed E-state index contributed by atoms with van der Waals surface area (Å²) in [6.07, 6.45) is 4.59. The van der Waals surface area contributed by atoms with E-state index in [9.17, 15) is 37.9 Å². The van der Waals surface area contributed by atoms with Gasteiger partial charge in [0.1, 0.15) is 45.4 Å². The van der Waals surface area contributed by atoms with Gasteiger partial charge in [-0.25, -0.2) is 26.8 Å². The molecule has 242 valence electrons. The predicted octanol–water partition coefficient (Wildman–Crippen LogP) is 7.68. The Bertz CT molecular complexity index is 2550. The van der Waals surface area contributed by atoms with E-state index in [1.807, 2.05) is 36.4 Å². The van der Waals surface area contributed by atoms with Crippen molar-refractivity contribution in [3.05, 3.63) is 94.1 Å². The van der Waals surface area contributed by atoms with Gasteiger partial charge in [-0.15, -0.1) is 22.7 Å². The Morgan fingerprint density at radius 2 is 1.02 bits per heavy atom. The van der Waals surface area contributed by atoms with E-state index in [1.165, 1.54) is 34.8 Å². The maximum absolute atomic E-state index is 13.7. The number of fused-ring (bicyclic) bond motifs is 7. The second-order valence-corrected chi connectivity index (χ2v) is 17.8. The molecule has 2 aliphatic heterocycles. The van der Waals surface area contributed by atoms with Crippen LogP contribution in [0.2, 0.25) is 0 Å². The molecular formula is C36H20N6O4S4. The summed E-state index contributed by atoms with van der Waals surface area (Å²) in [7, 11) is -8.26. The van der Waals surface area contributed by atoms with Crippen LogP contribution in [-0.2, 0) is 25.1 Å². The Morgan fingerprint density at radius 3 is 1.42 bits per heavy atom. The Balaban J connectivity index is 1.31. The molecule has 0 unspecified atom stereocenters. The zero-order valence-corrected chi connectivity index (χ0v) is 29.0. The van der Waals surface area contributed by atoms with Gasteiger partial charge in [0.2, 0.25) is 19.7 Å². The van der Waals surface area contributed by atoms with Crippen molar-refractivity contribution in [3.63, 3.8) is 0 Å². The number of hydrogen-bond donors (Lipinski definition) is 0. The SMILES string of the molecule is N#CC(C#N)=C1/C(=N/c2cc3c(s2)-c2sc(/N=C4/C(=C(C#N)C#N)c5ccccc5S4(=O)=O)cc2C32CCCCC2)S(=O)(=O)c2ccccc21. The van der Waals surface area contributed by atoms with Crippen LogP contribution in [0.3, 0.4) is 0 Å². The molecule has 50 heavy (non-hydrogen) atoms. The summed E-state index contributed by atoms with van der Waals surface area (Å²) in [6, 6.07) is 23.6. The van der Waals surface area contributed by atoms with Crippen molar-refractivity contribution in [1.29, 1.82) is 21.0 Å². The first kappa shape index (κ1) is 31.8. The first-order valence-electron chi connectivity index (χ1n) is 15.4. The van der Waals surface area contributed by atoms with E-state index in [4.69, 9.17) is 0 Å². The third-order valence-corrected chi connectivity index (χ3v) is 15.3. The Morgan fingerprint density at radius 1 is 0.620 bits per heavy atom. The molecule has 2 aromatic carbocycles. The minimum Gasteiger partial charge on any atom is -0.225 e. The van der Waals surface area contributed by atoms with Gasteiger partial charge in [-0.2, -0.15) is 21.0 Å². The topological polar surface area (TPSA) is 188 Å². The van der Waals surface area contributed by atoms with E-state index in [1.54, 1.807) is 36.4 Å². The van der Waals surface area contributed by atoms with Crippen molar-refractivity contribution >= 4 is 73.6 Å². The molecule has 14 heteroatoms. The zero-order chi connectivity index (χ0) is 35.0. The highest BCUT2D eigenvalue weighted by molar-refractivity contribution is 8.08. The summed E-state index contributed by atoms with van der Waals surface area (Å²) >= 11 is 2.59. The van der Waals surface area contributed by atoms with Gasteiger partial charge in [-0.05, 0) is 48.2 Å². The maximum atomic E-state index is 13.7. The van der Waals surface area contributed by atoms with Crippen LogP contribution in [0.1, 0.15) is 54.4 Å². The van der Waals surface area contributed by atoms with Gasteiger partial charge in [0, 0.05) is 27.7 Å². The van der Waals surface area contributed by atoms with Gasteiger partial charge < -0.3 is 0 Å². The minimum atomic E-state index is -4.13. The second kappa shape index (κ2) is 11.3. The molecule has 0 atom stereocenters. The van der Waals surface area contributed by atoms with Gasteiger partial charge >= 0.3 is 0 Å². The highest BCUT2D eigenvalue weighted by Crippen LogP contribution is 2.63. The lowest BCUT2D eigenvalue weighted by atomic mass is 9.68. The molecule has 4 heterocycles. The molecule has 0 N–H and O–H groups in total. The summed E-state index contributed by atoms with van der Waals surface area (Å²) in [5.41, 5.74) is 1.40. The molecule has 0 amide bonds. The van der Waals surface area contributed by atoms with Crippen LogP contribution in [0.15, 0.2) is 91.6 Å². The summed E-state index contributed by atoms with van der Waals surface area (Å²) < 4.78 is 55.0. The van der Waals surface area contributed by atoms with E-state index in [2.05, 4.69) is 9.98 Å². The first-order valence-corrected chi connectivity index (χ1v) is 20.0. The predicted molar refractivity (Wildman–Crippen MR) is 189 cm³/mol. The molecule has 0 saturated heterocycles. The Kier molecular flexibility index (Phi) is 7.17. The third-order valence-electron chi connectivity index (χ3n) is 9.58. The molecular weight excluding hydrogens is 709 g/mol. The van der Waals surface area contributed by atoms with Crippen molar-refractivity contribution in [2.24, 2.45) is 9.98 Å². The fourth-order valence-corrected chi connectivity index (χ4v) is 13.3. The Hall–Kier alpha value is -5.48. The molecule has 8 rings (SSSR count). The van der Waals surface area contributed by atoms with Crippen molar-refractivity contribution in [3.8, 4) is 34.0 Å². The highest BCUT2D eigenvalue weighted by atomic mass is 32.2. The average Bonchev–Trinajstić information content (AvgIpc) is 3.88. The number of allylic oxidation sites excluding steroid dienone is 2. The maximum Gasteiger partial charge on any atom is 0.225 e. The summed E-state index contributed by atoms with van der Waals surface area (Å²) in [5.74, 6) is 0. The molecule has 4 aromatic rings. The van der Waals surface area contributed by atoms with Crippen LogP contribution >= 0.6 is 22.7 Å². The van der Waals surface area contributed by atoms with Gasteiger partial charge in [0.25, 0.3) is 0 Å². The Labute approximate surface area is 295 Å². The number of benzene rings is 2. The fraction of sp³-hybridized carbons (Fsp3) is 0.167. The number of rotatable bonds is 2. The molecule has 0 radical (unpaired) electrons. The zero-order valence-electron chi connectivity index (χ0n) is 25.8. The quantitative estimate of drug-likeness (QED) is 0.188. The molecule has 1 fully saturated rings. The van der Waals surface area contributed by atoms with Crippen LogP contribution < -0.4 is 0 Å². The van der Waals surface area contributed by atoms with Crippen LogP contribution in [0.4, 0.5) is 10.0 Å². The standard InChI is InChI=1S/C36H20N6O4S4/c37-16-20(17-38)30-22-8-2-4-10-26(22)49(43,44)34(30)41-28-14-24-32(47-28)33-25(36(24)12-6-1-7-13-36)15-29(48-33)42-35-31(21(18-39)19-40)23-9-3-5-11-27(23)50(35,45)46/h2-5,8-11,14-15H,1,6-7,12-13H2/b41-34-,42-35-. The molecule has 2 aliphatic carbocycles.